The van der Waals surface area contributed by atoms with Gasteiger partial charge >= 0.3 is 5.97 Å². The van der Waals surface area contributed by atoms with E-state index in [2.05, 4.69) is 15.3 Å². The number of aromatic carboxylic acids is 1. The second kappa shape index (κ2) is 10.9. The summed E-state index contributed by atoms with van der Waals surface area (Å²) < 4.78 is 5.29. The molecule has 8 heteroatoms. The molecule has 38 heavy (non-hydrogen) atoms. The lowest BCUT2D eigenvalue weighted by Gasteiger charge is -2.19. The van der Waals surface area contributed by atoms with E-state index in [1.807, 2.05) is 60.7 Å². The number of nitrogens with zero attached hydrogens (tertiary/aromatic N) is 1. The van der Waals surface area contributed by atoms with Crippen molar-refractivity contribution in [3.63, 3.8) is 0 Å². The van der Waals surface area contributed by atoms with E-state index in [-0.39, 0.29) is 17.7 Å². The number of halogens is 1. The van der Waals surface area contributed by atoms with E-state index in [0.29, 0.717) is 27.5 Å². The third kappa shape index (κ3) is 5.02. The molecule has 1 heterocycles. The average Bonchev–Trinajstić information content (AvgIpc) is 3.37. The van der Waals surface area contributed by atoms with E-state index in [1.54, 1.807) is 31.4 Å². The fourth-order valence-electron chi connectivity index (χ4n) is 4.47. The summed E-state index contributed by atoms with van der Waals surface area (Å²) in [4.78, 5) is 33.5. The Bertz CT molecular complexity index is 1600. The van der Waals surface area contributed by atoms with E-state index in [4.69, 9.17) is 16.3 Å². The molecule has 0 bridgehead atoms. The van der Waals surface area contributed by atoms with Gasteiger partial charge in [0.2, 0.25) is 0 Å². The number of amides is 1. The third-order valence-corrected chi connectivity index (χ3v) is 6.60. The van der Waals surface area contributed by atoms with Gasteiger partial charge in [0.25, 0.3) is 5.91 Å². The SMILES string of the molecule is COC[C@@H](NC(=O)c1ccc(-c2c(Cl)cccc2-c2nc3ccccc3[nH]2)c(C(=O)O)c1)c1ccccc1. The van der Waals surface area contributed by atoms with E-state index >= 15 is 0 Å². The van der Waals surface area contributed by atoms with Crippen LogP contribution in [-0.4, -0.2) is 40.7 Å². The molecule has 0 aliphatic carbocycles. The van der Waals surface area contributed by atoms with Gasteiger partial charge in [-0.05, 0) is 41.5 Å². The van der Waals surface area contributed by atoms with Crippen LogP contribution in [-0.2, 0) is 4.74 Å². The van der Waals surface area contributed by atoms with Crippen LogP contribution in [0.2, 0.25) is 5.02 Å². The van der Waals surface area contributed by atoms with Crippen LogP contribution in [0.15, 0.2) is 91.0 Å². The molecular weight excluding hydrogens is 502 g/mol. The zero-order chi connectivity index (χ0) is 26.6. The largest absolute Gasteiger partial charge is 0.478 e. The van der Waals surface area contributed by atoms with Gasteiger partial charge in [0.1, 0.15) is 5.82 Å². The maximum absolute atomic E-state index is 13.2. The minimum absolute atomic E-state index is 0.0499. The van der Waals surface area contributed by atoms with Gasteiger partial charge in [0.05, 0.1) is 29.2 Å². The summed E-state index contributed by atoms with van der Waals surface area (Å²) in [5.41, 5.74) is 4.21. The molecule has 0 saturated heterocycles. The Labute approximate surface area is 224 Å². The zero-order valence-electron chi connectivity index (χ0n) is 20.4. The Balaban J connectivity index is 1.55. The molecule has 0 aliphatic heterocycles. The minimum atomic E-state index is -1.18. The molecule has 4 aromatic carbocycles. The number of carbonyl (C=O) groups is 2. The Hall–Kier alpha value is -4.46. The van der Waals surface area contributed by atoms with Gasteiger partial charge in [-0.3, -0.25) is 4.79 Å². The van der Waals surface area contributed by atoms with Crippen LogP contribution in [0, 0.1) is 0 Å². The number of hydrogen-bond donors (Lipinski definition) is 3. The zero-order valence-corrected chi connectivity index (χ0v) is 21.2. The van der Waals surface area contributed by atoms with Gasteiger partial charge in [-0.15, -0.1) is 0 Å². The highest BCUT2D eigenvalue weighted by Gasteiger charge is 2.23. The Morgan fingerprint density at radius 3 is 2.47 bits per heavy atom. The third-order valence-electron chi connectivity index (χ3n) is 6.28. The summed E-state index contributed by atoms with van der Waals surface area (Å²) in [5.74, 6) is -1.03. The lowest BCUT2D eigenvalue weighted by Crippen LogP contribution is -2.31. The minimum Gasteiger partial charge on any atom is -0.478 e. The number of carbonyl (C=O) groups excluding carboxylic acids is 1. The number of carboxylic acids is 1. The van der Waals surface area contributed by atoms with Crippen molar-refractivity contribution in [3.8, 4) is 22.5 Å². The summed E-state index contributed by atoms with van der Waals surface area (Å²) in [6.45, 7) is 0.264. The monoisotopic (exact) mass is 525 g/mol. The number of imidazole rings is 1. The first-order valence-electron chi connectivity index (χ1n) is 11.9. The second-order valence-corrected chi connectivity index (χ2v) is 9.13. The van der Waals surface area contributed by atoms with E-state index in [1.165, 1.54) is 6.07 Å². The molecule has 1 atom stereocenters. The number of para-hydroxylation sites is 2. The Morgan fingerprint density at radius 1 is 0.974 bits per heavy atom. The highest BCUT2D eigenvalue weighted by Crippen LogP contribution is 2.39. The fourth-order valence-corrected chi connectivity index (χ4v) is 4.75. The molecule has 7 nitrogen and oxygen atoms in total. The number of H-pyrrole nitrogens is 1. The first-order chi connectivity index (χ1) is 18.5. The molecule has 3 N–H and O–H groups in total. The molecule has 0 aliphatic rings. The summed E-state index contributed by atoms with van der Waals surface area (Å²) in [7, 11) is 1.56. The van der Waals surface area contributed by atoms with Crippen LogP contribution in [0.4, 0.5) is 0 Å². The standard InChI is InChI=1S/C30H24ClN3O4/c1-38-17-26(18-8-3-2-4-9-18)34-29(35)19-14-15-20(22(16-19)30(36)37)27-21(10-7-11-23(27)31)28-32-24-12-5-6-13-25(24)33-28/h2-16,26H,17H2,1H3,(H,32,33)(H,34,35)(H,36,37)/t26-/m1/s1. The maximum atomic E-state index is 13.2. The van der Waals surface area contributed by atoms with Crippen molar-refractivity contribution >= 4 is 34.5 Å². The predicted octanol–water partition coefficient (Wildman–Crippen LogP) is 6.37. The number of aromatic amines is 1. The highest BCUT2D eigenvalue weighted by molar-refractivity contribution is 6.34. The van der Waals surface area contributed by atoms with Crippen molar-refractivity contribution in [1.29, 1.82) is 0 Å². The lowest BCUT2D eigenvalue weighted by molar-refractivity contribution is 0.0697. The molecule has 0 unspecified atom stereocenters. The number of ether oxygens (including phenoxy) is 1. The Morgan fingerprint density at radius 2 is 1.74 bits per heavy atom. The highest BCUT2D eigenvalue weighted by atomic mass is 35.5. The predicted molar refractivity (Wildman–Crippen MR) is 147 cm³/mol. The molecule has 5 rings (SSSR count). The van der Waals surface area contributed by atoms with Crippen LogP contribution in [0.1, 0.15) is 32.3 Å². The van der Waals surface area contributed by atoms with Gasteiger partial charge in [-0.2, -0.15) is 0 Å². The maximum Gasteiger partial charge on any atom is 0.336 e. The summed E-state index contributed by atoms with van der Waals surface area (Å²) in [6, 6.07) is 26.5. The average molecular weight is 526 g/mol. The molecule has 0 spiro atoms. The topological polar surface area (TPSA) is 104 Å². The van der Waals surface area contributed by atoms with Crippen LogP contribution in [0.3, 0.4) is 0 Å². The summed E-state index contributed by atoms with van der Waals surface area (Å²) in [5, 5.41) is 13.4. The number of benzene rings is 4. The van der Waals surface area contributed by atoms with Crippen LogP contribution < -0.4 is 5.32 Å². The van der Waals surface area contributed by atoms with Crippen LogP contribution >= 0.6 is 11.6 Å². The van der Waals surface area contributed by atoms with E-state index < -0.39 is 17.9 Å². The van der Waals surface area contributed by atoms with Gasteiger partial charge < -0.3 is 20.1 Å². The lowest BCUT2D eigenvalue weighted by atomic mass is 9.93. The van der Waals surface area contributed by atoms with Crippen molar-refractivity contribution in [2.75, 3.05) is 13.7 Å². The van der Waals surface area contributed by atoms with Crippen molar-refractivity contribution in [2.45, 2.75) is 6.04 Å². The smallest absolute Gasteiger partial charge is 0.336 e. The quantitative estimate of drug-likeness (QED) is 0.218. The fraction of sp³-hybridized carbons (Fsp3) is 0.100. The molecule has 0 radical (unpaired) electrons. The van der Waals surface area contributed by atoms with Crippen LogP contribution in [0.5, 0.6) is 0 Å². The number of hydrogen-bond acceptors (Lipinski definition) is 4. The summed E-state index contributed by atoms with van der Waals surface area (Å²) >= 11 is 6.64. The number of fused-ring (bicyclic) bond motifs is 1. The van der Waals surface area contributed by atoms with Crippen molar-refractivity contribution in [3.05, 3.63) is 113 Å². The molecule has 1 aromatic heterocycles. The first-order valence-corrected chi connectivity index (χ1v) is 12.3. The second-order valence-electron chi connectivity index (χ2n) is 8.72. The molecule has 0 saturated carbocycles. The normalized spacial score (nSPS) is 11.8. The molecule has 1 amide bonds. The van der Waals surface area contributed by atoms with E-state index in [0.717, 1.165) is 16.6 Å². The number of aromatic nitrogens is 2. The van der Waals surface area contributed by atoms with Gasteiger partial charge in [0.15, 0.2) is 0 Å². The number of methoxy groups -OCH3 is 1. The first kappa shape index (κ1) is 25.2. The molecule has 5 aromatic rings. The van der Waals surface area contributed by atoms with Crippen molar-refractivity contribution in [1.82, 2.24) is 15.3 Å². The molecular formula is C30H24ClN3O4. The number of nitrogens with one attached hydrogen (secondary N) is 2. The Kier molecular flexibility index (Phi) is 7.22. The van der Waals surface area contributed by atoms with Gasteiger partial charge in [0, 0.05) is 28.8 Å². The van der Waals surface area contributed by atoms with Crippen molar-refractivity contribution in [2.24, 2.45) is 0 Å². The number of rotatable bonds is 8. The molecule has 190 valence electrons. The number of carboxylic acid groups (broad SMARTS) is 1. The van der Waals surface area contributed by atoms with Crippen LogP contribution in [0.25, 0.3) is 33.5 Å². The van der Waals surface area contributed by atoms with Gasteiger partial charge in [-0.1, -0.05) is 72.3 Å². The summed E-state index contributed by atoms with van der Waals surface area (Å²) in [6.07, 6.45) is 0. The van der Waals surface area contributed by atoms with E-state index in [9.17, 15) is 14.7 Å². The van der Waals surface area contributed by atoms with Gasteiger partial charge in [-0.25, -0.2) is 9.78 Å². The van der Waals surface area contributed by atoms with Crippen molar-refractivity contribution < 1.29 is 19.4 Å². The molecule has 0 fully saturated rings.